The Morgan fingerprint density at radius 3 is 2.24 bits per heavy atom. The van der Waals surface area contributed by atoms with Crippen molar-refractivity contribution < 1.29 is 14.3 Å². The fraction of sp³-hybridized carbons (Fsp3) is 0.125. The van der Waals surface area contributed by atoms with E-state index in [1.807, 2.05) is 25.1 Å². The van der Waals surface area contributed by atoms with Gasteiger partial charge in [0.25, 0.3) is 11.8 Å². The van der Waals surface area contributed by atoms with Crippen LogP contribution in [0.15, 0.2) is 66.7 Å². The van der Waals surface area contributed by atoms with Crippen molar-refractivity contribution in [1.29, 1.82) is 0 Å². The van der Waals surface area contributed by atoms with Crippen LogP contribution in [0.25, 0.3) is 0 Å². The Kier molecular flexibility index (Phi) is 8.27. The van der Waals surface area contributed by atoms with Crippen LogP contribution in [0.3, 0.4) is 0 Å². The highest BCUT2D eigenvalue weighted by Crippen LogP contribution is 2.28. The molecular formula is C24H21Cl2N3O3S. The number of thiocarbonyl (C=S) groups is 1. The molecule has 6 nitrogen and oxygen atoms in total. The number of carbonyl (C=O) groups excluding carboxylic acids is 2. The zero-order valence-corrected chi connectivity index (χ0v) is 20.1. The number of rotatable bonds is 6. The molecule has 9 heteroatoms. The molecule has 3 rings (SSSR count). The van der Waals surface area contributed by atoms with Gasteiger partial charge in [-0.05, 0) is 80.7 Å². The summed E-state index contributed by atoms with van der Waals surface area (Å²) in [6.45, 7) is 3.51. The number of anilines is 2. The Morgan fingerprint density at radius 1 is 0.939 bits per heavy atom. The van der Waals surface area contributed by atoms with E-state index in [-0.39, 0.29) is 11.0 Å². The third-order valence-electron chi connectivity index (χ3n) is 4.48. The maximum absolute atomic E-state index is 12.4. The smallest absolute Gasteiger partial charge is 0.266 e. The minimum absolute atomic E-state index is 0.106. The number of hydrogen-bond acceptors (Lipinski definition) is 4. The topological polar surface area (TPSA) is 79.5 Å². The molecule has 3 N–H and O–H groups in total. The zero-order valence-electron chi connectivity index (χ0n) is 17.8. The van der Waals surface area contributed by atoms with Crippen LogP contribution in [0.2, 0.25) is 10.0 Å². The molecule has 2 amide bonds. The molecule has 0 saturated heterocycles. The lowest BCUT2D eigenvalue weighted by atomic mass is 10.1. The number of halogens is 2. The summed E-state index contributed by atoms with van der Waals surface area (Å²) in [7, 11) is 0. The van der Waals surface area contributed by atoms with E-state index >= 15 is 0 Å². The van der Waals surface area contributed by atoms with Crippen molar-refractivity contribution >= 4 is 63.7 Å². The maximum atomic E-state index is 12.4. The van der Waals surface area contributed by atoms with E-state index in [1.165, 1.54) is 6.07 Å². The van der Waals surface area contributed by atoms with Crippen LogP contribution in [0.1, 0.15) is 22.8 Å². The Bertz CT molecular complexity index is 1190. The normalized spacial score (nSPS) is 11.3. The molecule has 3 aromatic carbocycles. The SMILES string of the molecule is Cc1cccc(C(=O)Nc2ccc(NC(=S)NC(=O)C(C)Oc3ccc(Cl)cc3Cl)cc2)c1. The molecule has 1 atom stereocenters. The van der Waals surface area contributed by atoms with E-state index in [4.69, 9.17) is 40.2 Å². The van der Waals surface area contributed by atoms with Crippen LogP contribution in [-0.2, 0) is 4.79 Å². The van der Waals surface area contributed by atoms with Crippen LogP contribution < -0.4 is 20.7 Å². The van der Waals surface area contributed by atoms with Gasteiger partial charge in [-0.3, -0.25) is 14.9 Å². The molecular weight excluding hydrogens is 481 g/mol. The van der Waals surface area contributed by atoms with Crippen LogP contribution >= 0.6 is 35.4 Å². The first kappa shape index (κ1) is 24.5. The maximum Gasteiger partial charge on any atom is 0.266 e. The van der Waals surface area contributed by atoms with E-state index < -0.39 is 12.0 Å². The van der Waals surface area contributed by atoms with Crippen molar-refractivity contribution in [3.05, 3.63) is 87.9 Å². The fourth-order valence-electron chi connectivity index (χ4n) is 2.82. The molecule has 0 aromatic heterocycles. The third kappa shape index (κ3) is 7.18. The van der Waals surface area contributed by atoms with Gasteiger partial charge < -0.3 is 15.4 Å². The quantitative estimate of drug-likeness (QED) is 0.370. The Balaban J connectivity index is 1.51. The van der Waals surface area contributed by atoms with Gasteiger partial charge in [-0.25, -0.2) is 0 Å². The molecule has 3 aromatic rings. The van der Waals surface area contributed by atoms with Gasteiger partial charge >= 0.3 is 0 Å². The molecule has 33 heavy (non-hydrogen) atoms. The highest BCUT2D eigenvalue weighted by molar-refractivity contribution is 7.80. The monoisotopic (exact) mass is 501 g/mol. The second-order valence-corrected chi connectivity index (χ2v) is 8.43. The van der Waals surface area contributed by atoms with Crippen molar-refractivity contribution in [2.75, 3.05) is 10.6 Å². The molecule has 0 heterocycles. The van der Waals surface area contributed by atoms with Crippen LogP contribution in [0.4, 0.5) is 11.4 Å². The van der Waals surface area contributed by atoms with E-state index in [1.54, 1.807) is 49.4 Å². The van der Waals surface area contributed by atoms with Gasteiger partial charge in [-0.1, -0.05) is 40.9 Å². The fourth-order valence-corrected chi connectivity index (χ4v) is 3.49. The first-order chi connectivity index (χ1) is 15.7. The van der Waals surface area contributed by atoms with Crippen molar-refractivity contribution in [2.24, 2.45) is 0 Å². The Morgan fingerprint density at radius 2 is 1.61 bits per heavy atom. The van der Waals surface area contributed by atoms with Gasteiger partial charge in [-0.2, -0.15) is 0 Å². The minimum Gasteiger partial charge on any atom is -0.479 e. The molecule has 170 valence electrons. The summed E-state index contributed by atoms with van der Waals surface area (Å²) >= 11 is 17.1. The second kappa shape index (κ2) is 11.1. The van der Waals surface area contributed by atoms with E-state index in [0.29, 0.717) is 32.7 Å². The molecule has 0 saturated carbocycles. The lowest BCUT2D eigenvalue weighted by Crippen LogP contribution is -2.42. The van der Waals surface area contributed by atoms with Gasteiger partial charge in [0.2, 0.25) is 0 Å². The summed E-state index contributed by atoms with van der Waals surface area (Å²) in [6, 6.07) is 19.0. The molecule has 0 spiro atoms. The lowest BCUT2D eigenvalue weighted by Gasteiger charge is -2.16. The van der Waals surface area contributed by atoms with Crippen molar-refractivity contribution in [2.45, 2.75) is 20.0 Å². The average Bonchev–Trinajstić information content (AvgIpc) is 2.76. The van der Waals surface area contributed by atoms with Crippen molar-refractivity contribution in [1.82, 2.24) is 5.32 Å². The van der Waals surface area contributed by atoms with E-state index in [0.717, 1.165) is 5.56 Å². The number of ether oxygens (including phenoxy) is 1. The first-order valence-corrected chi connectivity index (χ1v) is 11.1. The Labute approximate surface area is 207 Å². The molecule has 0 radical (unpaired) electrons. The molecule has 0 aliphatic rings. The van der Waals surface area contributed by atoms with E-state index in [9.17, 15) is 9.59 Å². The minimum atomic E-state index is -0.845. The number of carbonyl (C=O) groups is 2. The van der Waals surface area contributed by atoms with Crippen LogP contribution in [0, 0.1) is 6.92 Å². The number of nitrogens with one attached hydrogen (secondary N) is 3. The van der Waals surface area contributed by atoms with Gasteiger partial charge in [0.05, 0.1) is 5.02 Å². The van der Waals surface area contributed by atoms with Gasteiger partial charge in [0.15, 0.2) is 11.2 Å². The van der Waals surface area contributed by atoms with Crippen molar-refractivity contribution in [3.63, 3.8) is 0 Å². The summed E-state index contributed by atoms with van der Waals surface area (Å²) in [4.78, 5) is 24.7. The molecule has 0 fully saturated rings. The second-order valence-electron chi connectivity index (χ2n) is 7.18. The number of aryl methyl sites for hydroxylation is 1. The van der Waals surface area contributed by atoms with Crippen LogP contribution in [-0.4, -0.2) is 23.0 Å². The Hall–Kier alpha value is -3.13. The average molecular weight is 502 g/mol. The lowest BCUT2D eigenvalue weighted by molar-refractivity contribution is -0.125. The molecule has 1 unspecified atom stereocenters. The summed E-state index contributed by atoms with van der Waals surface area (Å²) < 4.78 is 5.58. The zero-order chi connectivity index (χ0) is 24.0. The highest BCUT2D eigenvalue weighted by atomic mass is 35.5. The van der Waals surface area contributed by atoms with Gasteiger partial charge in [0.1, 0.15) is 5.75 Å². The number of amides is 2. The third-order valence-corrected chi connectivity index (χ3v) is 5.22. The predicted octanol–water partition coefficient (Wildman–Crippen LogP) is 5.83. The highest BCUT2D eigenvalue weighted by Gasteiger charge is 2.17. The standard InChI is InChI=1S/C24H21Cl2N3O3S/c1-14-4-3-5-16(12-14)23(31)27-18-7-9-19(10-8-18)28-24(33)29-22(30)15(2)32-21-11-6-17(25)13-20(21)26/h3-13,15H,1-2H3,(H,27,31)(H2,28,29,30,33). The molecule has 0 bridgehead atoms. The molecule has 0 aliphatic heterocycles. The number of benzene rings is 3. The van der Waals surface area contributed by atoms with Crippen LogP contribution in [0.5, 0.6) is 5.75 Å². The summed E-state index contributed by atoms with van der Waals surface area (Å²) in [6.07, 6.45) is -0.845. The predicted molar refractivity (Wildman–Crippen MR) is 136 cm³/mol. The summed E-state index contributed by atoms with van der Waals surface area (Å²) in [5.41, 5.74) is 2.86. The number of hydrogen-bond donors (Lipinski definition) is 3. The molecule has 0 aliphatic carbocycles. The summed E-state index contributed by atoms with van der Waals surface area (Å²) in [5.74, 6) is -0.302. The first-order valence-electron chi connectivity index (χ1n) is 9.93. The van der Waals surface area contributed by atoms with E-state index in [2.05, 4.69) is 16.0 Å². The largest absolute Gasteiger partial charge is 0.479 e. The summed E-state index contributed by atoms with van der Waals surface area (Å²) in [5, 5.41) is 9.20. The van der Waals surface area contributed by atoms with Gasteiger partial charge in [-0.15, -0.1) is 0 Å². The van der Waals surface area contributed by atoms with Gasteiger partial charge in [0, 0.05) is 22.0 Å². The van der Waals surface area contributed by atoms with Crippen molar-refractivity contribution in [3.8, 4) is 5.75 Å².